The van der Waals surface area contributed by atoms with Gasteiger partial charge in [-0.05, 0) is 17.7 Å². The van der Waals surface area contributed by atoms with Crippen LogP contribution in [0.25, 0.3) is 0 Å². The summed E-state index contributed by atoms with van der Waals surface area (Å²) < 4.78 is 1.73. The van der Waals surface area contributed by atoms with Crippen LogP contribution in [0.1, 0.15) is 11.3 Å². The second kappa shape index (κ2) is 4.45. The van der Waals surface area contributed by atoms with E-state index in [9.17, 15) is 0 Å². The number of rotatable bonds is 3. The van der Waals surface area contributed by atoms with Gasteiger partial charge in [0.1, 0.15) is 11.8 Å². The molecule has 0 atom stereocenters. The first-order valence-corrected chi connectivity index (χ1v) is 4.85. The third kappa shape index (κ3) is 2.36. The van der Waals surface area contributed by atoms with Crippen LogP contribution in [0.4, 0.5) is 5.69 Å². The third-order valence-corrected chi connectivity index (χ3v) is 2.14. The number of anilines is 1. The fraction of sp³-hybridized carbons (Fsp3) is 0.182. The highest BCUT2D eigenvalue weighted by molar-refractivity contribution is 5.39. The van der Waals surface area contributed by atoms with Crippen LogP contribution in [0.2, 0.25) is 0 Å². The molecule has 0 saturated heterocycles. The second-order valence-corrected chi connectivity index (χ2v) is 3.42. The molecule has 2 heterocycles. The SMILES string of the molecule is Cn1cc(NCc2ccnc(C#N)c2)cn1. The highest BCUT2D eigenvalue weighted by atomic mass is 15.3. The average molecular weight is 213 g/mol. The van der Waals surface area contributed by atoms with Gasteiger partial charge in [-0.2, -0.15) is 10.4 Å². The Hall–Kier alpha value is -2.35. The fourth-order valence-corrected chi connectivity index (χ4v) is 1.36. The lowest BCUT2D eigenvalue weighted by Gasteiger charge is -2.03. The van der Waals surface area contributed by atoms with Gasteiger partial charge in [0.25, 0.3) is 0 Å². The number of aryl methyl sites for hydroxylation is 1. The molecule has 0 spiro atoms. The summed E-state index contributed by atoms with van der Waals surface area (Å²) >= 11 is 0. The first-order valence-electron chi connectivity index (χ1n) is 4.85. The molecule has 2 aromatic rings. The first-order chi connectivity index (χ1) is 7.78. The highest BCUT2D eigenvalue weighted by Gasteiger charge is 1.98. The fourth-order valence-electron chi connectivity index (χ4n) is 1.36. The van der Waals surface area contributed by atoms with Gasteiger partial charge in [0.2, 0.25) is 0 Å². The van der Waals surface area contributed by atoms with E-state index in [-0.39, 0.29) is 0 Å². The molecule has 5 nitrogen and oxygen atoms in total. The quantitative estimate of drug-likeness (QED) is 0.834. The van der Waals surface area contributed by atoms with Gasteiger partial charge >= 0.3 is 0 Å². The molecule has 0 saturated carbocycles. The van der Waals surface area contributed by atoms with Crippen molar-refractivity contribution in [1.29, 1.82) is 5.26 Å². The molecule has 0 amide bonds. The van der Waals surface area contributed by atoms with Crippen molar-refractivity contribution in [3.05, 3.63) is 42.0 Å². The van der Waals surface area contributed by atoms with Crippen molar-refractivity contribution < 1.29 is 0 Å². The van der Waals surface area contributed by atoms with E-state index in [1.54, 1.807) is 23.1 Å². The molecule has 16 heavy (non-hydrogen) atoms. The number of aromatic nitrogens is 3. The molecular formula is C11H11N5. The van der Waals surface area contributed by atoms with Crippen LogP contribution in [0.3, 0.4) is 0 Å². The smallest absolute Gasteiger partial charge is 0.140 e. The molecule has 0 aliphatic heterocycles. The van der Waals surface area contributed by atoms with E-state index in [4.69, 9.17) is 5.26 Å². The molecular weight excluding hydrogens is 202 g/mol. The predicted molar refractivity (Wildman–Crippen MR) is 59.5 cm³/mol. The van der Waals surface area contributed by atoms with Crippen molar-refractivity contribution in [2.24, 2.45) is 7.05 Å². The average Bonchev–Trinajstić information content (AvgIpc) is 2.73. The van der Waals surface area contributed by atoms with E-state index in [0.29, 0.717) is 12.2 Å². The summed E-state index contributed by atoms with van der Waals surface area (Å²) in [5.74, 6) is 0. The monoisotopic (exact) mass is 213 g/mol. The van der Waals surface area contributed by atoms with Crippen molar-refractivity contribution in [3.63, 3.8) is 0 Å². The van der Waals surface area contributed by atoms with Crippen molar-refractivity contribution in [2.45, 2.75) is 6.54 Å². The van der Waals surface area contributed by atoms with Gasteiger partial charge < -0.3 is 5.32 Å². The lowest BCUT2D eigenvalue weighted by atomic mass is 10.2. The summed E-state index contributed by atoms with van der Waals surface area (Å²) in [6.45, 7) is 0.656. The maximum atomic E-state index is 8.70. The minimum Gasteiger partial charge on any atom is -0.378 e. The zero-order valence-corrected chi connectivity index (χ0v) is 8.88. The lowest BCUT2D eigenvalue weighted by Crippen LogP contribution is -1.99. The first kappa shape index (κ1) is 10.2. The van der Waals surface area contributed by atoms with E-state index >= 15 is 0 Å². The molecule has 0 aliphatic rings. The Bertz CT molecular complexity index is 523. The zero-order valence-electron chi connectivity index (χ0n) is 8.88. The summed E-state index contributed by atoms with van der Waals surface area (Å²) in [6.07, 6.45) is 5.29. The van der Waals surface area contributed by atoms with Crippen molar-refractivity contribution in [3.8, 4) is 6.07 Å². The normalized spacial score (nSPS) is 9.75. The van der Waals surface area contributed by atoms with E-state index in [1.807, 2.05) is 25.4 Å². The number of pyridine rings is 1. The molecule has 0 bridgehead atoms. The Morgan fingerprint density at radius 2 is 2.44 bits per heavy atom. The van der Waals surface area contributed by atoms with E-state index in [1.165, 1.54) is 0 Å². The van der Waals surface area contributed by atoms with Gasteiger partial charge in [-0.15, -0.1) is 0 Å². The van der Waals surface area contributed by atoms with Crippen molar-refractivity contribution in [2.75, 3.05) is 5.32 Å². The van der Waals surface area contributed by atoms with E-state index in [0.717, 1.165) is 11.3 Å². The van der Waals surface area contributed by atoms with E-state index < -0.39 is 0 Å². The van der Waals surface area contributed by atoms with Gasteiger partial charge in [-0.25, -0.2) is 4.98 Å². The van der Waals surface area contributed by atoms with Gasteiger partial charge in [-0.1, -0.05) is 0 Å². The molecule has 0 fully saturated rings. The van der Waals surface area contributed by atoms with Crippen LogP contribution in [0.15, 0.2) is 30.7 Å². The lowest BCUT2D eigenvalue weighted by molar-refractivity contribution is 0.768. The molecule has 0 aliphatic carbocycles. The summed E-state index contributed by atoms with van der Waals surface area (Å²) in [6, 6.07) is 5.66. The summed E-state index contributed by atoms with van der Waals surface area (Å²) in [5.41, 5.74) is 2.42. The molecule has 0 unspecified atom stereocenters. The number of hydrogen-bond acceptors (Lipinski definition) is 4. The number of nitrogens with zero attached hydrogens (tertiary/aromatic N) is 4. The minimum atomic E-state index is 0.436. The van der Waals surface area contributed by atoms with Crippen LogP contribution in [-0.4, -0.2) is 14.8 Å². The molecule has 5 heteroatoms. The number of nitrogens with one attached hydrogen (secondary N) is 1. The molecule has 1 N–H and O–H groups in total. The van der Waals surface area contributed by atoms with Crippen LogP contribution >= 0.6 is 0 Å². The molecule has 0 radical (unpaired) electrons. The zero-order chi connectivity index (χ0) is 11.4. The van der Waals surface area contributed by atoms with Crippen LogP contribution in [0, 0.1) is 11.3 Å². The second-order valence-electron chi connectivity index (χ2n) is 3.42. The predicted octanol–water partition coefficient (Wildman–Crippen LogP) is 1.30. The Balaban J connectivity index is 2.02. The van der Waals surface area contributed by atoms with Gasteiger partial charge in [0.15, 0.2) is 0 Å². The molecule has 80 valence electrons. The Morgan fingerprint density at radius 1 is 1.56 bits per heavy atom. The topological polar surface area (TPSA) is 66.5 Å². The minimum absolute atomic E-state index is 0.436. The van der Waals surface area contributed by atoms with Crippen molar-refractivity contribution in [1.82, 2.24) is 14.8 Å². The summed E-state index contributed by atoms with van der Waals surface area (Å²) in [4.78, 5) is 3.91. The number of nitriles is 1. The van der Waals surface area contributed by atoms with Gasteiger partial charge in [0.05, 0.1) is 11.9 Å². The van der Waals surface area contributed by atoms with Crippen LogP contribution in [-0.2, 0) is 13.6 Å². The van der Waals surface area contributed by atoms with Gasteiger partial charge in [-0.3, -0.25) is 4.68 Å². The maximum absolute atomic E-state index is 8.70. The largest absolute Gasteiger partial charge is 0.378 e. The summed E-state index contributed by atoms with van der Waals surface area (Å²) in [7, 11) is 1.87. The van der Waals surface area contributed by atoms with Crippen molar-refractivity contribution >= 4 is 5.69 Å². The number of hydrogen-bond donors (Lipinski definition) is 1. The summed E-state index contributed by atoms with van der Waals surface area (Å²) in [5, 5.41) is 16.0. The maximum Gasteiger partial charge on any atom is 0.140 e. The molecule has 2 aromatic heterocycles. The highest BCUT2D eigenvalue weighted by Crippen LogP contribution is 2.07. The van der Waals surface area contributed by atoms with E-state index in [2.05, 4.69) is 15.4 Å². The Morgan fingerprint density at radius 3 is 3.12 bits per heavy atom. The van der Waals surface area contributed by atoms with Crippen LogP contribution < -0.4 is 5.32 Å². The third-order valence-electron chi connectivity index (χ3n) is 2.14. The molecule has 2 rings (SSSR count). The van der Waals surface area contributed by atoms with Crippen LogP contribution in [0.5, 0.6) is 0 Å². The van der Waals surface area contributed by atoms with Gasteiger partial charge in [0, 0.05) is 26.0 Å². The standard InChI is InChI=1S/C11H11N5/c1-16-8-11(7-15-16)14-6-9-2-3-13-10(4-9)5-12/h2-4,7-8,14H,6H2,1H3. The molecule has 0 aromatic carbocycles. The Kier molecular flexibility index (Phi) is 2.83. The Labute approximate surface area is 93.4 Å².